The summed E-state index contributed by atoms with van der Waals surface area (Å²) in [6.45, 7) is 5.70. The van der Waals surface area contributed by atoms with Crippen LogP contribution in [-0.4, -0.2) is 24.5 Å². The molecule has 0 heterocycles. The number of amides is 1. The minimum Gasteiger partial charge on any atom is -0.452 e. The molecule has 4 nitrogen and oxygen atoms in total. The first-order valence-electron chi connectivity index (χ1n) is 7.42. The van der Waals surface area contributed by atoms with Crippen LogP contribution in [0.2, 0.25) is 0 Å². The summed E-state index contributed by atoms with van der Waals surface area (Å²) in [5.74, 6) is -0.436. The third-order valence-electron chi connectivity index (χ3n) is 3.71. The smallest absolute Gasteiger partial charge is 0.338 e. The number of carbonyl (C=O) groups is 2. The van der Waals surface area contributed by atoms with Crippen molar-refractivity contribution in [1.82, 2.24) is 5.32 Å². The summed E-state index contributed by atoms with van der Waals surface area (Å²) >= 11 is 0. The van der Waals surface area contributed by atoms with Crippen LogP contribution in [0.15, 0.2) is 42.5 Å². The topological polar surface area (TPSA) is 55.4 Å². The van der Waals surface area contributed by atoms with E-state index in [0.29, 0.717) is 11.5 Å². The van der Waals surface area contributed by atoms with Crippen LogP contribution in [0.25, 0.3) is 10.8 Å². The van der Waals surface area contributed by atoms with Crippen molar-refractivity contribution in [2.45, 2.75) is 26.8 Å². The van der Waals surface area contributed by atoms with Crippen molar-refractivity contribution in [3.63, 3.8) is 0 Å². The van der Waals surface area contributed by atoms with E-state index < -0.39 is 5.97 Å². The van der Waals surface area contributed by atoms with E-state index in [1.54, 1.807) is 12.1 Å². The van der Waals surface area contributed by atoms with Gasteiger partial charge >= 0.3 is 5.97 Å². The molecule has 2 aromatic carbocycles. The first-order chi connectivity index (χ1) is 10.5. The van der Waals surface area contributed by atoms with E-state index in [2.05, 4.69) is 5.32 Å². The fourth-order valence-corrected chi connectivity index (χ4v) is 1.99. The molecular weight excluding hydrogens is 278 g/mol. The molecular formula is C18H21NO3. The summed E-state index contributed by atoms with van der Waals surface area (Å²) in [5, 5.41) is 4.82. The lowest BCUT2D eigenvalue weighted by Gasteiger charge is -2.17. The van der Waals surface area contributed by atoms with Gasteiger partial charge in [-0.25, -0.2) is 4.79 Å². The third-order valence-corrected chi connectivity index (χ3v) is 3.71. The average molecular weight is 299 g/mol. The van der Waals surface area contributed by atoms with Crippen LogP contribution in [0.3, 0.4) is 0 Å². The highest BCUT2D eigenvalue weighted by Crippen LogP contribution is 2.16. The van der Waals surface area contributed by atoms with Gasteiger partial charge in [0.05, 0.1) is 5.56 Å². The Morgan fingerprint density at radius 1 is 1.05 bits per heavy atom. The van der Waals surface area contributed by atoms with Crippen molar-refractivity contribution in [3.8, 4) is 0 Å². The number of rotatable bonds is 5. The van der Waals surface area contributed by atoms with Crippen molar-refractivity contribution >= 4 is 22.6 Å². The zero-order chi connectivity index (χ0) is 16.1. The molecule has 2 aromatic rings. The summed E-state index contributed by atoms with van der Waals surface area (Å²) in [4.78, 5) is 23.7. The highest BCUT2D eigenvalue weighted by Gasteiger charge is 2.14. The van der Waals surface area contributed by atoms with Crippen LogP contribution in [0, 0.1) is 5.92 Å². The quantitative estimate of drug-likeness (QED) is 0.863. The Labute approximate surface area is 130 Å². The number of benzene rings is 2. The molecule has 4 heteroatoms. The van der Waals surface area contributed by atoms with Crippen LogP contribution in [0.4, 0.5) is 0 Å². The normalized spacial score (nSPS) is 12.2. The van der Waals surface area contributed by atoms with Gasteiger partial charge < -0.3 is 10.1 Å². The Morgan fingerprint density at radius 3 is 2.41 bits per heavy atom. The van der Waals surface area contributed by atoms with Crippen LogP contribution in [-0.2, 0) is 9.53 Å². The Hall–Kier alpha value is -2.36. The largest absolute Gasteiger partial charge is 0.452 e. The van der Waals surface area contributed by atoms with E-state index in [4.69, 9.17) is 4.74 Å². The van der Waals surface area contributed by atoms with E-state index in [1.165, 1.54) is 0 Å². The van der Waals surface area contributed by atoms with Gasteiger partial charge in [0.25, 0.3) is 5.91 Å². The number of hydrogen-bond donors (Lipinski definition) is 1. The molecule has 116 valence electrons. The van der Waals surface area contributed by atoms with E-state index >= 15 is 0 Å². The van der Waals surface area contributed by atoms with Crippen molar-refractivity contribution < 1.29 is 14.3 Å². The standard InChI is InChI=1S/C18H21NO3/c1-12(2)13(3)19-17(20)11-22-18(21)16-9-8-14-6-4-5-7-15(14)10-16/h4-10,12-13H,11H2,1-3H3,(H,19,20)/t13-/m0/s1. The predicted molar refractivity (Wildman–Crippen MR) is 86.7 cm³/mol. The number of fused-ring (bicyclic) bond motifs is 1. The molecule has 0 aliphatic rings. The molecule has 0 bridgehead atoms. The molecule has 1 N–H and O–H groups in total. The Bertz CT molecular complexity index is 679. The lowest BCUT2D eigenvalue weighted by Crippen LogP contribution is -2.38. The SMILES string of the molecule is CC(C)[C@H](C)NC(=O)COC(=O)c1ccc2ccccc2c1. The molecule has 0 aliphatic heterocycles. The lowest BCUT2D eigenvalue weighted by atomic mass is 10.1. The third kappa shape index (κ3) is 4.07. The van der Waals surface area contributed by atoms with Crippen LogP contribution < -0.4 is 5.32 Å². The molecule has 0 saturated heterocycles. The van der Waals surface area contributed by atoms with E-state index in [9.17, 15) is 9.59 Å². The van der Waals surface area contributed by atoms with Gasteiger partial charge in [-0.3, -0.25) is 4.79 Å². The zero-order valence-electron chi connectivity index (χ0n) is 13.1. The molecule has 0 fully saturated rings. The molecule has 0 spiro atoms. The second kappa shape index (κ2) is 7.07. The Morgan fingerprint density at radius 2 is 1.73 bits per heavy atom. The van der Waals surface area contributed by atoms with Crippen LogP contribution >= 0.6 is 0 Å². The minimum atomic E-state index is -0.488. The number of carbonyl (C=O) groups excluding carboxylic acids is 2. The first-order valence-corrected chi connectivity index (χ1v) is 7.42. The van der Waals surface area contributed by atoms with E-state index in [-0.39, 0.29) is 18.6 Å². The van der Waals surface area contributed by atoms with E-state index in [0.717, 1.165) is 10.8 Å². The molecule has 0 aromatic heterocycles. The zero-order valence-corrected chi connectivity index (χ0v) is 13.1. The molecule has 0 radical (unpaired) electrons. The monoisotopic (exact) mass is 299 g/mol. The summed E-state index contributed by atoms with van der Waals surface area (Å²) in [5.41, 5.74) is 0.448. The van der Waals surface area contributed by atoms with Gasteiger partial charge in [0.15, 0.2) is 6.61 Å². The highest BCUT2D eigenvalue weighted by atomic mass is 16.5. The van der Waals surface area contributed by atoms with Gasteiger partial charge in [-0.05, 0) is 35.7 Å². The maximum Gasteiger partial charge on any atom is 0.338 e. The summed E-state index contributed by atoms with van der Waals surface area (Å²) < 4.78 is 5.07. The van der Waals surface area contributed by atoms with Gasteiger partial charge in [-0.2, -0.15) is 0 Å². The molecule has 22 heavy (non-hydrogen) atoms. The minimum absolute atomic E-state index is 0.0480. The van der Waals surface area contributed by atoms with Gasteiger partial charge in [-0.1, -0.05) is 44.2 Å². The average Bonchev–Trinajstić information content (AvgIpc) is 2.52. The van der Waals surface area contributed by atoms with E-state index in [1.807, 2.05) is 51.1 Å². The summed E-state index contributed by atoms with van der Waals surface area (Å²) in [6, 6.07) is 13.2. The lowest BCUT2D eigenvalue weighted by molar-refractivity contribution is -0.125. The van der Waals surface area contributed by atoms with Crippen molar-refractivity contribution in [1.29, 1.82) is 0 Å². The van der Waals surface area contributed by atoms with Crippen LogP contribution in [0.1, 0.15) is 31.1 Å². The molecule has 2 rings (SSSR count). The van der Waals surface area contributed by atoms with Gasteiger partial charge in [0, 0.05) is 6.04 Å². The number of ether oxygens (including phenoxy) is 1. The molecule has 1 atom stereocenters. The number of esters is 1. The van der Waals surface area contributed by atoms with Crippen molar-refractivity contribution in [3.05, 3.63) is 48.0 Å². The fraction of sp³-hybridized carbons (Fsp3) is 0.333. The van der Waals surface area contributed by atoms with Crippen LogP contribution in [0.5, 0.6) is 0 Å². The highest BCUT2D eigenvalue weighted by molar-refractivity contribution is 5.96. The second-order valence-corrected chi connectivity index (χ2v) is 5.74. The van der Waals surface area contributed by atoms with Gasteiger partial charge in [0.1, 0.15) is 0 Å². The molecule has 1 amide bonds. The molecule has 0 unspecified atom stereocenters. The number of hydrogen-bond acceptors (Lipinski definition) is 3. The number of nitrogens with one attached hydrogen (secondary N) is 1. The maximum atomic E-state index is 12.0. The first kappa shape index (κ1) is 16.0. The summed E-state index contributed by atoms with van der Waals surface area (Å²) in [6.07, 6.45) is 0. The van der Waals surface area contributed by atoms with Crippen molar-refractivity contribution in [2.24, 2.45) is 5.92 Å². The maximum absolute atomic E-state index is 12.0. The Kier molecular flexibility index (Phi) is 5.15. The fourth-order valence-electron chi connectivity index (χ4n) is 1.99. The van der Waals surface area contributed by atoms with Gasteiger partial charge in [0.2, 0.25) is 0 Å². The second-order valence-electron chi connectivity index (χ2n) is 5.74. The summed E-state index contributed by atoms with van der Waals surface area (Å²) in [7, 11) is 0. The van der Waals surface area contributed by atoms with Crippen molar-refractivity contribution in [2.75, 3.05) is 6.61 Å². The Balaban J connectivity index is 1.95. The predicted octanol–water partition coefficient (Wildman–Crippen LogP) is 3.16. The van der Waals surface area contributed by atoms with Gasteiger partial charge in [-0.15, -0.1) is 0 Å². The molecule has 0 aliphatic carbocycles. The molecule has 0 saturated carbocycles.